The smallest absolute Gasteiger partial charge is 0.0499 e. The van der Waals surface area contributed by atoms with Crippen LogP contribution in [0.4, 0.5) is 0 Å². The van der Waals surface area contributed by atoms with Crippen molar-refractivity contribution < 1.29 is 5.11 Å². The summed E-state index contributed by atoms with van der Waals surface area (Å²) in [5, 5.41) is 9.66. The van der Waals surface area contributed by atoms with E-state index in [0.29, 0.717) is 12.0 Å². The van der Waals surface area contributed by atoms with Crippen molar-refractivity contribution in [2.45, 2.75) is 66.2 Å². The first-order valence-electron chi connectivity index (χ1n) is 7.92. The second-order valence-electron chi connectivity index (χ2n) is 6.51. The van der Waals surface area contributed by atoms with Gasteiger partial charge in [0.2, 0.25) is 0 Å². The quantitative estimate of drug-likeness (QED) is 0.679. The molecule has 2 heteroatoms. The van der Waals surface area contributed by atoms with E-state index in [1.54, 1.807) is 0 Å². The molecule has 1 N–H and O–H groups in total. The summed E-state index contributed by atoms with van der Waals surface area (Å²) in [5.74, 6) is 0. The standard InChI is InChI=1S/C16H33NO/c1-5-9-16(10-6-2)12-17(13-16)11-15(7-3,8-4)14-18/h18H,5-14H2,1-4H3. The van der Waals surface area contributed by atoms with Gasteiger partial charge in [-0.1, -0.05) is 40.5 Å². The lowest BCUT2D eigenvalue weighted by atomic mass is 9.71. The van der Waals surface area contributed by atoms with E-state index < -0.39 is 0 Å². The van der Waals surface area contributed by atoms with Gasteiger partial charge in [0.1, 0.15) is 0 Å². The Morgan fingerprint density at radius 3 is 1.83 bits per heavy atom. The van der Waals surface area contributed by atoms with Crippen LogP contribution in [0.25, 0.3) is 0 Å². The molecule has 0 spiro atoms. The predicted molar refractivity (Wildman–Crippen MR) is 78.8 cm³/mol. The molecule has 1 heterocycles. The molecule has 108 valence electrons. The molecule has 1 rings (SSSR count). The highest BCUT2D eigenvalue weighted by molar-refractivity contribution is 4.96. The van der Waals surface area contributed by atoms with Crippen LogP contribution in [0.1, 0.15) is 66.2 Å². The average Bonchev–Trinajstić information content (AvgIpc) is 2.34. The zero-order chi connectivity index (χ0) is 13.6. The maximum Gasteiger partial charge on any atom is 0.0499 e. The maximum absolute atomic E-state index is 9.66. The Balaban J connectivity index is 2.49. The summed E-state index contributed by atoms with van der Waals surface area (Å²) in [6, 6.07) is 0. The molecule has 1 aliphatic rings. The first-order chi connectivity index (χ1) is 8.59. The van der Waals surface area contributed by atoms with Crippen molar-refractivity contribution >= 4 is 0 Å². The number of hydrogen-bond acceptors (Lipinski definition) is 2. The SMILES string of the molecule is CCCC1(CCC)CN(CC(CC)(CC)CO)C1. The summed E-state index contributed by atoms with van der Waals surface area (Å²) in [4.78, 5) is 2.58. The molecule has 1 saturated heterocycles. The van der Waals surface area contributed by atoms with Gasteiger partial charge in [0.25, 0.3) is 0 Å². The lowest BCUT2D eigenvalue weighted by molar-refractivity contribution is -0.0535. The van der Waals surface area contributed by atoms with Crippen LogP contribution in [0.2, 0.25) is 0 Å². The van der Waals surface area contributed by atoms with E-state index in [1.807, 2.05) is 0 Å². The van der Waals surface area contributed by atoms with Crippen LogP contribution >= 0.6 is 0 Å². The van der Waals surface area contributed by atoms with Crippen molar-refractivity contribution in [2.24, 2.45) is 10.8 Å². The van der Waals surface area contributed by atoms with E-state index in [1.165, 1.54) is 38.8 Å². The van der Waals surface area contributed by atoms with Gasteiger partial charge in [0.15, 0.2) is 0 Å². The summed E-state index contributed by atoms with van der Waals surface area (Å²) in [6.45, 7) is 13.0. The van der Waals surface area contributed by atoms with E-state index in [2.05, 4.69) is 32.6 Å². The van der Waals surface area contributed by atoms with Crippen LogP contribution in [0, 0.1) is 10.8 Å². The minimum atomic E-state index is 0.143. The zero-order valence-corrected chi connectivity index (χ0v) is 13.0. The maximum atomic E-state index is 9.66. The summed E-state index contributed by atoms with van der Waals surface area (Å²) in [6.07, 6.45) is 7.54. The molecule has 0 bridgehead atoms. The Hall–Kier alpha value is -0.0800. The van der Waals surface area contributed by atoms with Crippen molar-refractivity contribution in [3.8, 4) is 0 Å². The fourth-order valence-electron chi connectivity index (χ4n) is 3.74. The Bertz CT molecular complexity index is 213. The Labute approximate surface area is 114 Å². The number of likely N-dealkylation sites (tertiary alicyclic amines) is 1. The fourth-order valence-corrected chi connectivity index (χ4v) is 3.74. The highest BCUT2D eigenvalue weighted by Gasteiger charge is 2.43. The highest BCUT2D eigenvalue weighted by atomic mass is 16.3. The summed E-state index contributed by atoms with van der Waals surface area (Å²) in [7, 11) is 0. The van der Waals surface area contributed by atoms with Gasteiger partial charge < -0.3 is 10.0 Å². The number of aliphatic hydroxyl groups excluding tert-OH is 1. The monoisotopic (exact) mass is 255 g/mol. The normalized spacial score (nSPS) is 19.8. The molecule has 0 saturated carbocycles. The van der Waals surface area contributed by atoms with Gasteiger partial charge in [-0.05, 0) is 31.1 Å². The van der Waals surface area contributed by atoms with E-state index >= 15 is 0 Å². The fraction of sp³-hybridized carbons (Fsp3) is 1.00. The molecule has 0 aromatic heterocycles. The Morgan fingerprint density at radius 1 is 1.00 bits per heavy atom. The molecule has 0 aromatic carbocycles. The third kappa shape index (κ3) is 3.48. The molecule has 18 heavy (non-hydrogen) atoms. The van der Waals surface area contributed by atoms with E-state index in [4.69, 9.17) is 0 Å². The first-order valence-corrected chi connectivity index (χ1v) is 7.92. The van der Waals surface area contributed by atoms with E-state index in [9.17, 15) is 5.11 Å². The van der Waals surface area contributed by atoms with Crippen LogP contribution < -0.4 is 0 Å². The van der Waals surface area contributed by atoms with Crippen LogP contribution in [0.15, 0.2) is 0 Å². The van der Waals surface area contributed by atoms with Gasteiger partial charge in [-0.25, -0.2) is 0 Å². The predicted octanol–water partition coefficient (Wildman–Crippen LogP) is 3.69. The van der Waals surface area contributed by atoms with E-state index in [0.717, 1.165) is 19.4 Å². The highest BCUT2D eigenvalue weighted by Crippen LogP contribution is 2.41. The number of hydrogen-bond donors (Lipinski definition) is 1. The van der Waals surface area contributed by atoms with Crippen LogP contribution in [0.3, 0.4) is 0 Å². The Kier molecular flexibility index (Phi) is 6.13. The number of nitrogens with zero attached hydrogens (tertiary/aromatic N) is 1. The van der Waals surface area contributed by atoms with Crippen LogP contribution in [0.5, 0.6) is 0 Å². The van der Waals surface area contributed by atoms with Crippen molar-refractivity contribution in [1.82, 2.24) is 4.90 Å². The van der Waals surface area contributed by atoms with Gasteiger partial charge in [-0.15, -0.1) is 0 Å². The molecular formula is C16H33NO. The van der Waals surface area contributed by atoms with Gasteiger partial charge in [-0.2, -0.15) is 0 Å². The molecule has 0 aliphatic carbocycles. The van der Waals surface area contributed by atoms with Gasteiger partial charge in [-0.3, -0.25) is 0 Å². The summed E-state index contributed by atoms with van der Waals surface area (Å²) in [5.41, 5.74) is 0.747. The second kappa shape index (κ2) is 6.91. The van der Waals surface area contributed by atoms with Crippen molar-refractivity contribution in [3.05, 3.63) is 0 Å². The molecule has 2 nitrogen and oxygen atoms in total. The van der Waals surface area contributed by atoms with Gasteiger partial charge in [0.05, 0.1) is 0 Å². The summed E-state index contributed by atoms with van der Waals surface area (Å²) < 4.78 is 0. The lowest BCUT2D eigenvalue weighted by Crippen LogP contribution is -2.59. The zero-order valence-electron chi connectivity index (χ0n) is 13.0. The first kappa shape index (κ1) is 16.0. The third-order valence-corrected chi connectivity index (χ3v) is 5.07. The topological polar surface area (TPSA) is 23.5 Å². The van der Waals surface area contributed by atoms with Gasteiger partial charge >= 0.3 is 0 Å². The molecule has 0 amide bonds. The van der Waals surface area contributed by atoms with Crippen molar-refractivity contribution in [2.75, 3.05) is 26.2 Å². The van der Waals surface area contributed by atoms with Gasteiger partial charge in [0, 0.05) is 31.7 Å². The van der Waals surface area contributed by atoms with Crippen LogP contribution in [-0.4, -0.2) is 36.2 Å². The molecule has 0 unspecified atom stereocenters. The Morgan fingerprint density at radius 2 is 1.50 bits per heavy atom. The molecular weight excluding hydrogens is 222 g/mol. The van der Waals surface area contributed by atoms with E-state index in [-0.39, 0.29) is 5.41 Å². The lowest BCUT2D eigenvalue weighted by Gasteiger charge is -2.53. The number of rotatable bonds is 9. The average molecular weight is 255 g/mol. The largest absolute Gasteiger partial charge is 0.396 e. The second-order valence-corrected chi connectivity index (χ2v) is 6.51. The molecule has 1 fully saturated rings. The molecule has 0 radical (unpaired) electrons. The van der Waals surface area contributed by atoms with Crippen molar-refractivity contribution in [1.29, 1.82) is 0 Å². The molecule has 0 atom stereocenters. The minimum absolute atomic E-state index is 0.143. The van der Waals surface area contributed by atoms with Crippen molar-refractivity contribution in [3.63, 3.8) is 0 Å². The minimum Gasteiger partial charge on any atom is -0.396 e. The summed E-state index contributed by atoms with van der Waals surface area (Å²) >= 11 is 0. The molecule has 0 aromatic rings. The third-order valence-electron chi connectivity index (χ3n) is 5.07. The molecule has 1 aliphatic heterocycles. The van der Waals surface area contributed by atoms with Crippen LogP contribution in [-0.2, 0) is 0 Å². The number of aliphatic hydroxyl groups is 1.